The molecule has 1 aliphatic carbocycles. The van der Waals surface area contributed by atoms with E-state index in [-0.39, 0.29) is 40.9 Å². The molecule has 0 radical (unpaired) electrons. The first-order valence-corrected chi connectivity index (χ1v) is 4.50. The van der Waals surface area contributed by atoms with Gasteiger partial charge in [-0.2, -0.15) is 0 Å². The summed E-state index contributed by atoms with van der Waals surface area (Å²) >= 11 is -1.95. The summed E-state index contributed by atoms with van der Waals surface area (Å²) in [7, 11) is 1.57. The monoisotopic (exact) mass is 186 g/mol. The van der Waals surface area contributed by atoms with Gasteiger partial charge in [-0.25, -0.2) is 0 Å². The molecule has 5 heteroatoms. The fraction of sp³-hybridized carbons (Fsp3) is 1.00. The van der Waals surface area contributed by atoms with Crippen LogP contribution in [0, 0.1) is 0 Å². The van der Waals surface area contributed by atoms with E-state index in [9.17, 15) is 8.76 Å². The van der Waals surface area contributed by atoms with Gasteiger partial charge in [-0.05, 0) is 30.3 Å². The van der Waals surface area contributed by atoms with Gasteiger partial charge in [0.15, 0.2) is 0 Å². The minimum atomic E-state index is -1.95. The molecule has 1 rings (SSSR count). The SMILES string of the molecule is CO[C@@H]1CCC[C@H]1S(=O)[O-].[Na+]. The predicted octanol–water partition coefficient (Wildman–Crippen LogP) is -2.56. The molecule has 3 nitrogen and oxygen atoms in total. The standard InChI is InChI=1S/C6H12O3S.Na/c1-9-5-3-2-4-6(5)10(7)8;/h5-6H,2-4H2,1H3,(H,7,8);/q;+1/p-1/t5-,6-;/m1./s1. The van der Waals surface area contributed by atoms with Crippen LogP contribution >= 0.6 is 0 Å². The molecule has 0 aromatic heterocycles. The molecule has 0 aromatic carbocycles. The van der Waals surface area contributed by atoms with Crippen molar-refractivity contribution in [1.82, 2.24) is 0 Å². The maximum Gasteiger partial charge on any atom is 1.00 e. The van der Waals surface area contributed by atoms with Crippen LogP contribution < -0.4 is 29.6 Å². The van der Waals surface area contributed by atoms with Gasteiger partial charge in [0.05, 0.1) is 6.10 Å². The molecule has 1 unspecified atom stereocenters. The number of hydrogen-bond acceptors (Lipinski definition) is 3. The van der Waals surface area contributed by atoms with Crippen LogP contribution in [0.2, 0.25) is 0 Å². The molecule has 1 aliphatic rings. The second-order valence-corrected chi connectivity index (χ2v) is 3.63. The third-order valence-electron chi connectivity index (χ3n) is 1.94. The average molecular weight is 186 g/mol. The van der Waals surface area contributed by atoms with Crippen molar-refractivity contribution in [1.29, 1.82) is 0 Å². The van der Waals surface area contributed by atoms with Crippen LogP contribution in [0.15, 0.2) is 0 Å². The minimum Gasteiger partial charge on any atom is -0.772 e. The number of rotatable bonds is 2. The van der Waals surface area contributed by atoms with Crippen molar-refractivity contribution in [2.24, 2.45) is 0 Å². The summed E-state index contributed by atoms with van der Waals surface area (Å²) < 4.78 is 26.0. The van der Waals surface area contributed by atoms with Crippen LogP contribution in [0.1, 0.15) is 19.3 Å². The molecular formula is C6H11NaO3S. The van der Waals surface area contributed by atoms with Crippen LogP contribution in [0.4, 0.5) is 0 Å². The Morgan fingerprint density at radius 3 is 2.55 bits per heavy atom. The Morgan fingerprint density at radius 2 is 2.18 bits per heavy atom. The average Bonchev–Trinajstić information content (AvgIpc) is 2.33. The maximum atomic E-state index is 10.5. The Morgan fingerprint density at radius 1 is 1.55 bits per heavy atom. The van der Waals surface area contributed by atoms with E-state index < -0.39 is 11.1 Å². The Kier molecular flexibility index (Phi) is 6.22. The quantitative estimate of drug-likeness (QED) is 0.352. The summed E-state index contributed by atoms with van der Waals surface area (Å²) in [5.41, 5.74) is 0. The van der Waals surface area contributed by atoms with Gasteiger partial charge in [-0.1, -0.05) is 0 Å². The first-order valence-electron chi connectivity index (χ1n) is 3.36. The van der Waals surface area contributed by atoms with Crippen molar-refractivity contribution in [3.8, 4) is 0 Å². The van der Waals surface area contributed by atoms with Gasteiger partial charge in [0.1, 0.15) is 0 Å². The number of methoxy groups -OCH3 is 1. The summed E-state index contributed by atoms with van der Waals surface area (Å²) in [4.78, 5) is 0. The van der Waals surface area contributed by atoms with Crippen molar-refractivity contribution in [2.45, 2.75) is 30.6 Å². The molecule has 0 spiro atoms. The molecule has 0 bridgehead atoms. The Hall–Kier alpha value is 1.07. The van der Waals surface area contributed by atoms with E-state index in [1.807, 2.05) is 0 Å². The van der Waals surface area contributed by atoms with Crippen LogP contribution in [0.25, 0.3) is 0 Å². The van der Waals surface area contributed by atoms with Crippen molar-refractivity contribution in [3.63, 3.8) is 0 Å². The molecule has 1 fully saturated rings. The van der Waals surface area contributed by atoms with Gasteiger partial charge in [-0.3, -0.25) is 4.21 Å². The van der Waals surface area contributed by atoms with Gasteiger partial charge in [0.25, 0.3) is 0 Å². The van der Waals surface area contributed by atoms with Crippen molar-refractivity contribution in [2.75, 3.05) is 7.11 Å². The van der Waals surface area contributed by atoms with E-state index in [2.05, 4.69) is 0 Å². The molecule has 1 saturated carbocycles. The second kappa shape index (κ2) is 5.67. The summed E-state index contributed by atoms with van der Waals surface area (Å²) in [6, 6.07) is 0. The molecule has 0 amide bonds. The smallest absolute Gasteiger partial charge is 0.772 e. The Balaban J connectivity index is 0.000001000. The fourth-order valence-corrected chi connectivity index (χ4v) is 2.24. The van der Waals surface area contributed by atoms with Gasteiger partial charge < -0.3 is 9.29 Å². The normalized spacial score (nSPS) is 32.9. The van der Waals surface area contributed by atoms with Crippen molar-refractivity contribution in [3.05, 3.63) is 0 Å². The third kappa shape index (κ3) is 3.13. The maximum absolute atomic E-state index is 10.5. The molecule has 3 atom stereocenters. The Labute approximate surface area is 91.5 Å². The molecule has 11 heavy (non-hydrogen) atoms. The van der Waals surface area contributed by atoms with E-state index in [1.54, 1.807) is 7.11 Å². The second-order valence-electron chi connectivity index (χ2n) is 2.50. The summed E-state index contributed by atoms with van der Waals surface area (Å²) in [5, 5.41) is -0.259. The zero-order valence-electron chi connectivity index (χ0n) is 6.91. The topological polar surface area (TPSA) is 49.4 Å². The van der Waals surface area contributed by atoms with Crippen molar-refractivity contribution < 1.29 is 43.1 Å². The summed E-state index contributed by atoms with van der Waals surface area (Å²) in [6.07, 6.45) is 2.55. The molecular weight excluding hydrogens is 175 g/mol. The summed E-state index contributed by atoms with van der Waals surface area (Å²) in [6.45, 7) is 0. The van der Waals surface area contributed by atoms with E-state index in [4.69, 9.17) is 4.74 Å². The largest absolute Gasteiger partial charge is 1.00 e. The number of hydrogen-bond donors (Lipinski definition) is 0. The van der Waals surface area contributed by atoms with Crippen LogP contribution in [-0.4, -0.2) is 27.2 Å². The van der Waals surface area contributed by atoms with E-state index in [0.717, 1.165) is 19.3 Å². The summed E-state index contributed by atoms with van der Waals surface area (Å²) in [5.74, 6) is 0. The van der Waals surface area contributed by atoms with Crippen LogP contribution in [0.3, 0.4) is 0 Å². The zero-order chi connectivity index (χ0) is 7.56. The Bertz CT molecular complexity index is 142. The molecule has 0 heterocycles. The third-order valence-corrected chi connectivity index (χ3v) is 2.98. The molecule has 60 valence electrons. The number of ether oxygens (including phenoxy) is 1. The molecule has 0 aliphatic heterocycles. The predicted molar refractivity (Wildman–Crippen MR) is 37.4 cm³/mol. The van der Waals surface area contributed by atoms with Crippen molar-refractivity contribution >= 4 is 11.1 Å². The van der Waals surface area contributed by atoms with E-state index >= 15 is 0 Å². The van der Waals surface area contributed by atoms with Gasteiger partial charge >= 0.3 is 29.6 Å². The fourth-order valence-electron chi connectivity index (χ4n) is 1.38. The van der Waals surface area contributed by atoms with Crippen LogP contribution in [0.5, 0.6) is 0 Å². The zero-order valence-corrected chi connectivity index (χ0v) is 9.73. The minimum absolute atomic E-state index is 0. The molecule has 0 saturated heterocycles. The van der Waals surface area contributed by atoms with Gasteiger partial charge in [0, 0.05) is 12.4 Å². The van der Waals surface area contributed by atoms with Crippen LogP contribution in [-0.2, 0) is 15.8 Å². The first-order chi connectivity index (χ1) is 4.75. The molecule has 0 aromatic rings. The van der Waals surface area contributed by atoms with Gasteiger partial charge in [-0.15, -0.1) is 0 Å². The van der Waals surface area contributed by atoms with Gasteiger partial charge in [0.2, 0.25) is 0 Å². The first kappa shape index (κ1) is 12.1. The van der Waals surface area contributed by atoms with E-state index in [1.165, 1.54) is 0 Å². The molecule has 0 N–H and O–H groups in total. The van der Waals surface area contributed by atoms with E-state index in [0.29, 0.717) is 0 Å².